The molecule has 94 valence electrons. The third kappa shape index (κ3) is 3.52. The molecule has 0 spiro atoms. The van der Waals surface area contributed by atoms with E-state index in [1.54, 1.807) is 0 Å². The Morgan fingerprint density at radius 1 is 1.41 bits per heavy atom. The molecule has 0 aliphatic carbocycles. The summed E-state index contributed by atoms with van der Waals surface area (Å²) in [5, 5.41) is 13.5. The van der Waals surface area contributed by atoms with E-state index >= 15 is 0 Å². The predicted molar refractivity (Wildman–Crippen MR) is 73.1 cm³/mol. The van der Waals surface area contributed by atoms with Gasteiger partial charge in [0.25, 0.3) is 0 Å². The molecule has 1 aliphatic rings. The smallest absolute Gasteiger partial charge is 0.0917 e. The normalized spacial score (nSPS) is 19.2. The van der Waals surface area contributed by atoms with Crippen LogP contribution in [0, 0.1) is 6.92 Å². The summed E-state index contributed by atoms with van der Waals surface area (Å²) in [5.41, 5.74) is 2.18. The van der Waals surface area contributed by atoms with Crippen molar-refractivity contribution in [3.8, 4) is 0 Å². The van der Waals surface area contributed by atoms with Gasteiger partial charge in [0.2, 0.25) is 0 Å². The monoisotopic (exact) mass is 298 g/mol. The van der Waals surface area contributed by atoms with Crippen molar-refractivity contribution in [2.45, 2.75) is 13.0 Å². The molecule has 0 radical (unpaired) electrons. The highest BCUT2D eigenvalue weighted by molar-refractivity contribution is 9.10. The second-order valence-electron chi connectivity index (χ2n) is 4.58. The van der Waals surface area contributed by atoms with Crippen LogP contribution in [-0.4, -0.2) is 42.7 Å². The molecule has 1 unspecified atom stereocenters. The average Bonchev–Trinajstić information content (AvgIpc) is 2.34. The van der Waals surface area contributed by atoms with Crippen molar-refractivity contribution in [3.05, 3.63) is 33.8 Å². The van der Waals surface area contributed by atoms with Crippen LogP contribution in [-0.2, 0) is 0 Å². The van der Waals surface area contributed by atoms with Crippen LogP contribution in [0.4, 0.5) is 0 Å². The van der Waals surface area contributed by atoms with Crippen molar-refractivity contribution < 1.29 is 5.11 Å². The summed E-state index contributed by atoms with van der Waals surface area (Å²) in [4.78, 5) is 2.30. The minimum Gasteiger partial charge on any atom is -0.387 e. The molecule has 1 fully saturated rings. The molecule has 0 bridgehead atoms. The molecular formula is C13H19BrN2O. The predicted octanol–water partition coefficient (Wildman–Crippen LogP) is 1.70. The van der Waals surface area contributed by atoms with E-state index in [9.17, 15) is 5.11 Å². The van der Waals surface area contributed by atoms with Crippen LogP contribution in [0.1, 0.15) is 17.2 Å². The molecule has 3 nitrogen and oxygen atoms in total. The number of aryl methyl sites for hydroxylation is 1. The van der Waals surface area contributed by atoms with Gasteiger partial charge in [-0.2, -0.15) is 0 Å². The summed E-state index contributed by atoms with van der Waals surface area (Å²) >= 11 is 3.50. The Hall–Kier alpha value is -0.420. The molecule has 2 rings (SSSR count). The third-order valence-electron chi connectivity index (χ3n) is 3.22. The van der Waals surface area contributed by atoms with Gasteiger partial charge in [0.05, 0.1) is 6.10 Å². The molecule has 1 heterocycles. The first-order valence-corrected chi connectivity index (χ1v) is 6.83. The van der Waals surface area contributed by atoms with Crippen LogP contribution < -0.4 is 5.32 Å². The maximum Gasteiger partial charge on any atom is 0.0917 e. The number of halogens is 1. The fourth-order valence-corrected chi connectivity index (χ4v) is 2.46. The zero-order chi connectivity index (χ0) is 12.3. The number of nitrogens with one attached hydrogen (secondary N) is 1. The number of rotatable bonds is 3. The van der Waals surface area contributed by atoms with Crippen molar-refractivity contribution in [2.75, 3.05) is 32.7 Å². The van der Waals surface area contributed by atoms with E-state index in [4.69, 9.17) is 0 Å². The molecule has 1 aliphatic heterocycles. The van der Waals surface area contributed by atoms with E-state index in [0.717, 1.165) is 42.8 Å². The number of benzene rings is 1. The summed E-state index contributed by atoms with van der Waals surface area (Å²) < 4.78 is 1.06. The lowest BCUT2D eigenvalue weighted by atomic mass is 10.1. The van der Waals surface area contributed by atoms with Crippen LogP contribution >= 0.6 is 15.9 Å². The molecule has 0 amide bonds. The lowest BCUT2D eigenvalue weighted by Gasteiger charge is -2.29. The number of β-amino-alcohol motifs (C(OH)–C–C–N with tert-alkyl or cyclic N) is 1. The molecule has 1 aromatic rings. The lowest BCUT2D eigenvalue weighted by Crippen LogP contribution is -2.44. The quantitative estimate of drug-likeness (QED) is 0.892. The number of aliphatic hydroxyl groups is 1. The largest absolute Gasteiger partial charge is 0.387 e. The zero-order valence-corrected chi connectivity index (χ0v) is 11.7. The zero-order valence-electron chi connectivity index (χ0n) is 10.1. The van der Waals surface area contributed by atoms with Crippen LogP contribution in [0.2, 0.25) is 0 Å². The number of hydrogen-bond donors (Lipinski definition) is 2. The van der Waals surface area contributed by atoms with Gasteiger partial charge in [-0.15, -0.1) is 0 Å². The maximum atomic E-state index is 10.2. The maximum absolute atomic E-state index is 10.2. The molecule has 4 heteroatoms. The Balaban J connectivity index is 1.98. The van der Waals surface area contributed by atoms with E-state index in [1.165, 1.54) is 5.56 Å². The van der Waals surface area contributed by atoms with Gasteiger partial charge >= 0.3 is 0 Å². The van der Waals surface area contributed by atoms with Crippen molar-refractivity contribution >= 4 is 15.9 Å². The summed E-state index contributed by atoms with van der Waals surface area (Å²) in [5.74, 6) is 0. The number of hydrogen-bond acceptors (Lipinski definition) is 3. The lowest BCUT2D eigenvalue weighted by molar-refractivity contribution is 0.105. The summed E-state index contributed by atoms with van der Waals surface area (Å²) in [7, 11) is 0. The number of aliphatic hydroxyl groups excluding tert-OH is 1. The minimum absolute atomic E-state index is 0.398. The Kier molecular flexibility index (Phi) is 4.56. The highest BCUT2D eigenvalue weighted by atomic mass is 79.9. The first-order chi connectivity index (χ1) is 8.16. The average molecular weight is 299 g/mol. The molecule has 1 saturated heterocycles. The number of nitrogens with zero attached hydrogens (tertiary/aromatic N) is 1. The van der Waals surface area contributed by atoms with Crippen LogP contribution in [0.3, 0.4) is 0 Å². The minimum atomic E-state index is -0.398. The Bertz CT molecular complexity index is 378. The summed E-state index contributed by atoms with van der Waals surface area (Å²) in [6.07, 6.45) is -0.398. The highest BCUT2D eigenvalue weighted by Crippen LogP contribution is 2.22. The van der Waals surface area contributed by atoms with Crippen LogP contribution in [0.25, 0.3) is 0 Å². The van der Waals surface area contributed by atoms with Gasteiger partial charge in [-0.1, -0.05) is 28.1 Å². The Labute approximate surface area is 111 Å². The van der Waals surface area contributed by atoms with Gasteiger partial charge in [0, 0.05) is 37.2 Å². The van der Waals surface area contributed by atoms with Gasteiger partial charge in [-0.05, 0) is 24.1 Å². The molecule has 0 aromatic heterocycles. The van der Waals surface area contributed by atoms with E-state index in [0.29, 0.717) is 0 Å². The van der Waals surface area contributed by atoms with E-state index in [-0.39, 0.29) is 0 Å². The second-order valence-corrected chi connectivity index (χ2v) is 5.43. The van der Waals surface area contributed by atoms with Gasteiger partial charge in [0.15, 0.2) is 0 Å². The molecule has 1 aromatic carbocycles. The SMILES string of the molecule is Cc1ccc(C(O)CN2CCNCC2)cc1Br. The van der Waals surface area contributed by atoms with Gasteiger partial charge in [0.1, 0.15) is 0 Å². The van der Waals surface area contributed by atoms with Crippen LogP contribution in [0.15, 0.2) is 22.7 Å². The first kappa shape index (κ1) is 13.0. The van der Waals surface area contributed by atoms with Crippen molar-refractivity contribution in [1.82, 2.24) is 10.2 Å². The highest BCUT2D eigenvalue weighted by Gasteiger charge is 2.15. The van der Waals surface area contributed by atoms with Crippen molar-refractivity contribution in [2.24, 2.45) is 0 Å². The molecule has 1 atom stereocenters. The van der Waals surface area contributed by atoms with Gasteiger partial charge < -0.3 is 10.4 Å². The summed E-state index contributed by atoms with van der Waals surface area (Å²) in [6, 6.07) is 6.07. The van der Waals surface area contributed by atoms with E-state index < -0.39 is 6.10 Å². The second kappa shape index (κ2) is 5.96. The summed E-state index contributed by atoms with van der Waals surface area (Å²) in [6.45, 7) is 6.84. The van der Waals surface area contributed by atoms with E-state index in [1.807, 2.05) is 18.2 Å². The fraction of sp³-hybridized carbons (Fsp3) is 0.538. The van der Waals surface area contributed by atoms with Gasteiger partial charge in [-0.3, -0.25) is 4.90 Å². The molecule has 0 saturated carbocycles. The van der Waals surface area contributed by atoms with Crippen molar-refractivity contribution in [3.63, 3.8) is 0 Å². The Morgan fingerprint density at radius 2 is 2.12 bits per heavy atom. The number of piperazine rings is 1. The molecule has 17 heavy (non-hydrogen) atoms. The standard InChI is InChI=1S/C13H19BrN2O/c1-10-2-3-11(8-12(10)14)13(17)9-16-6-4-15-5-7-16/h2-3,8,13,15,17H,4-7,9H2,1H3. The molecule has 2 N–H and O–H groups in total. The fourth-order valence-electron chi connectivity index (χ4n) is 2.06. The Morgan fingerprint density at radius 3 is 2.76 bits per heavy atom. The topological polar surface area (TPSA) is 35.5 Å². The van der Waals surface area contributed by atoms with Gasteiger partial charge in [-0.25, -0.2) is 0 Å². The third-order valence-corrected chi connectivity index (χ3v) is 4.08. The van der Waals surface area contributed by atoms with E-state index in [2.05, 4.69) is 33.1 Å². The molecular weight excluding hydrogens is 280 g/mol. The van der Waals surface area contributed by atoms with Crippen LogP contribution in [0.5, 0.6) is 0 Å². The van der Waals surface area contributed by atoms with Crippen molar-refractivity contribution in [1.29, 1.82) is 0 Å². The first-order valence-electron chi connectivity index (χ1n) is 6.04.